The normalized spacial score (nSPS) is 12.7. The molecule has 0 aliphatic heterocycles. The van der Waals surface area contributed by atoms with Crippen molar-refractivity contribution in [1.82, 2.24) is 14.7 Å². The molecular formula is C27H26FN3O5. The Hall–Kier alpha value is -4.24. The average Bonchev–Trinajstić information content (AvgIpc) is 3.24. The van der Waals surface area contributed by atoms with E-state index in [1.54, 1.807) is 79.0 Å². The summed E-state index contributed by atoms with van der Waals surface area (Å²) in [7, 11) is 1.29. The molecule has 2 aromatic heterocycles. The monoisotopic (exact) mass is 491 g/mol. The van der Waals surface area contributed by atoms with Crippen molar-refractivity contribution in [3.63, 3.8) is 0 Å². The van der Waals surface area contributed by atoms with E-state index >= 15 is 0 Å². The van der Waals surface area contributed by atoms with Crippen molar-refractivity contribution in [2.45, 2.75) is 26.0 Å². The average molecular weight is 492 g/mol. The van der Waals surface area contributed by atoms with E-state index in [9.17, 15) is 19.1 Å². The summed E-state index contributed by atoms with van der Waals surface area (Å²) in [5.74, 6) is -0.913. The molecule has 0 aliphatic rings. The van der Waals surface area contributed by atoms with Crippen LogP contribution in [0.25, 0.3) is 5.65 Å². The predicted octanol–water partition coefficient (Wildman–Crippen LogP) is 3.78. The predicted molar refractivity (Wildman–Crippen MR) is 130 cm³/mol. The molecule has 8 nitrogen and oxygen atoms in total. The number of pyridine rings is 1. The summed E-state index contributed by atoms with van der Waals surface area (Å²) >= 11 is 0. The Morgan fingerprint density at radius 1 is 1.11 bits per heavy atom. The maximum Gasteiger partial charge on any atom is 0.337 e. The van der Waals surface area contributed by atoms with Crippen LogP contribution >= 0.6 is 0 Å². The van der Waals surface area contributed by atoms with Gasteiger partial charge in [0.1, 0.15) is 18.1 Å². The molecule has 36 heavy (non-hydrogen) atoms. The van der Waals surface area contributed by atoms with Crippen LogP contribution in [0.15, 0.2) is 66.9 Å². The fraction of sp³-hybridized carbons (Fsp3) is 0.222. The van der Waals surface area contributed by atoms with Crippen molar-refractivity contribution in [3.8, 4) is 5.75 Å². The van der Waals surface area contributed by atoms with Crippen LogP contribution in [0.4, 0.5) is 4.39 Å². The number of aliphatic hydroxyl groups excluding tert-OH is 1. The molecule has 0 spiro atoms. The number of hydrogen-bond acceptors (Lipinski definition) is 6. The highest BCUT2D eigenvalue weighted by Gasteiger charge is 2.31. The van der Waals surface area contributed by atoms with Gasteiger partial charge in [0.25, 0.3) is 5.91 Å². The van der Waals surface area contributed by atoms with E-state index in [0.29, 0.717) is 33.8 Å². The van der Waals surface area contributed by atoms with Crippen molar-refractivity contribution in [2.24, 2.45) is 0 Å². The van der Waals surface area contributed by atoms with Crippen molar-refractivity contribution in [2.75, 3.05) is 13.7 Å². The minimum absolute atomic E-state index is 0.00391. The Kier molecular flexibility index (Phi) is 7.03. The number of methoxy groups -OCH3 is 1. The van der Waals surface area contributed by atoms with Crippen LogP contribution in [0.1, 0.15) is 44.6 Å². The third-order valence-corrected chi connectivity index (χ3v) is 5.99. The van der Waals surface area contributed by atoms with E-state index in [-0.39, 0.29) is 24.7 Å². The molecule has 0 radical (unpaired) electrons. The number of fused-ring (bicyclic) bond motifs is 1. The largest absolute Gasteiger partial charge is 0.485 e. The lowest BCUT2D eigenvalue weighted by Crippen LogP contribution is -2.46. The molecule has 0 saturated carbocycles. The molecule has 4 aromatic rings. The summed E-state index contributed by atoms with van der Waals surface area (Å²) < 4.78 is 26.1. The van der Waals surface area contributed by atoms with Crippen LogP contribution < -0.4 is 10.1 Å². The van der Waals surface area contributed by atoms with Gasteiger partial charge in [-0.05, 0) is 49.7 Å². The van der Waals surface area contributed by atoms with E-state index in [4.69, 9.17) is 9.47 Å². The minimum Gasteiger partial charge on any atom is -0.485 e. The Labute approximate surface area is 207 Å². The van der Waals surface area contributed by atoms with Crippen LogP contribution in [0.3, 0.4) is 0 Å². The summed E-state index contributed by atoms with van der Waals surface area (Å²) in [4.78, 5) is 29.6. The number of nitrogens with one attached hydrogen (secondary N) is 1. The van der Waals surface area contributed by atoms with Crippen molar-refractivity contribution < 1.29 is 28.6 Å². The van der Waals surface area contributed by atoms with Crippen LogP contribution in [-0.4, -0.2) is 40.1 Å². The third kappa shape index (κ3) is 4.78. The van der Waals surface area contributed by atoms with Crippen molar-refractivity contribution in [3.05, 3.63) is 101 Å². The Balaban J connectivity index is 1.60. The highest BCUT2D eigenvalue weighted by molar-refractivity contribution is 5.95. The Morgan fingerprint density at radius 3 is 2.50 bits per heavy atom. The standard InChI is InChI=1S/C27H26FN3O5/c1-17-23(25(33)30-27(2,16-32)20-12-10-18(11-13-20)26(34)35-3)31-14-6-9-22(24(31)29-17)36-15-19-7-4-5-8-21(19)28/h4-14,32H,15-16H2,1-3H3,(H,30,33). The maximum atomic E-state index is 14.0. The van der Waals surface area contributed by atoms with E-state index in [0.717, 1.165) is 0 Å². The smallest absolute Gasteiger partial charge is 0.337 e. The first kappa shape index (κ1) is 24.9. The number of ether oxygens (including phenoxy) is 2. The fourth-order valence-electron chi connectivity index (χ4n) is 3.92. The van der Waals surface area contributed by atoms with Crippen LogP contribution in [-0.2, 0) is 16.9 Å². The maximum absolute atomic E-state index is 14.0. The van der Waals surface area contributed by atoms with Gasteiger partial charge in [0.2, 0.25) is 0 Å². The van der Waals surface area contributed by atoms with Gasteiger partial charge in [-0.15, -0.1) is 0 Å². The molecule has 4 rings (SSSR count). The molecule has 0 bridgehead atoms. The van der Waals surface area contributed by atoms with Gasteiger partial charge in [-0.2, -0.15) is 0 Å². The molecule has 0 saturated heterocycles. The topological polar surface area (TPSA) is 102 Å². The van der Waals surface area contributed by atoms with E-state index < -0.39 is 17.4 Å². The number of imidazole rings is 1. The zero-order chi connectivity index (χ0) is 25.9. The number of benzene rings is 2. The van der Waals surface area contributed by atoms with Crippen LogP contribution in [0.2, 0.25) is 0 Å². The molecule has 2 heterocycles. The number of hydrogen-bond donors (Lipinski definition) is 2. The Bertz CT molecular complexity index is 1420. The molecule has 0 aliphatic carbocycles. The lowest BCUT2D eigenvalue weighted by Gasteiger charge is -2.29. The highest BCUT2D eigenvalue weighted by atomic mass is 19.1. The first-order valence-electron chi connectivity index (χ1n) is 11.2. The second-order valence-corrected chi connectivity index (χ2v) is 8.51. The molecule has 9 heteroatoms. The first-order chi connectivity index (χ1) is 17.3. The number of carbonyl (C=O) groups excluding carboxylic acids is 2. The SMILES string of the molecule is COC(=O)c1ccc(C(C)(CO)NC(=O)c2c(C)nc3c(OCc4ccccc4F)cccn23)cc1. The van der Waals surface area contributed by atoms with Gasteiger partial charge in [0.15, 0.2) is 11.4 Å². The number of aryl methyl sites for hydroxylation is 1. The van der Waals surface area contributed by atoms with Gasteiger partial charge in [-0.3, -0.25) is 9.20 Å². The molecule has 2 N–H and O–H groups in total. The van der Waals surface area contributed by atoms with Crippen LogP contribution in [0, 0.1) is 12.7 Å². The van der Waals surface area contributed by atoms with Gasteiger partial charge >= 0.3 is 5.97 Å². The summed E-state index contributed by atoms with van der Waals surface area (Å²) in [6, 6.07) is 16.2. The minimum atomic E-state index is -1.14. The van der Waals surface area contributed by atoms with Gasteiger partial charge in [0.05, 0.1) is 30.5 Å². The zero-order valence-electron chi connectivity index (χ0n) is 20.1. The van der Waals surface area contributed by atoms with Gasteiger partial charge < -0.3 is 19.9 Å². The molecule has 1 atom stereocenters. The molecule has 0 fully saturated rings. The van der Waals surface area contributed by atoms with E-state index in [2.05, 4.69) is 10.3 Å². The number of halogens is 1. The molecule has 1 amide bonds. The molecule has 1 unspecified atom stereocenters. The summed E-state index contributed by atoms with van der Waals surface area (Å²) in [5, 5.41) is 13.0. The lowest BCUT2D eigenvalue weighted by molar-refractivity contribution is 0.0600. The van der Waals surface area contributed by atoms with Gasteiger partial charge in [-0.1, -0.05) is 30.3 Å². The summed E-state index contributed by atoms with van der Waals surface area (Å²) in [6.07, 6.45) is 1.68. The number of esters is 1. The highest BCUT2D eigenvalue weighted by Crippen LogP contribution is 2.26. The van der Waals surface area contributed by atoms with Crippen LogP contribution in [0.5, 0.6) is 5.75 Å². The number of carbonyl (C=O) groups is 2. The molecular weight excluding hydrogens is 465 g/mol. The van der Waals surface area contributed by atoms with E-state index in [1.807, 2.05) is 0 Å². The number of nitrogens with zero attached hydrogens (tertiary/aromatic N) is 2. The van der Waals surface area contributed by atoms with Gasteiger partial charge in [0, 0.05) is 11.8 Å². The summed E-state index contributed by atoms with van der Waals surface area (Å²) in [6.45, 7) is 3.00. The molecule has 2 aromatic carbocycles. The fourth-order valence-corrected chi connectivity index (χ4v) is 3.92. The van der Waals surface area contributed by atoms with Crippen molar-refractivity contribution in [1.29, 1.82) is 0 Å². The van der Waals surface area contributed by atoms with Gasteiger partial charge in [-0.25, -0.2) is 14.2 Å². The number of aliphatic hydroxyl groups is 1. The number of amides is 1. The lowest BCUT2D eigenvalue weighted by atomic mass is 9.91. The number of rotatable bonds is 8. The Morgan fingerprint density at radius 2 is 1.83 bits per heavy atom. The summed E-state index contributed by atoms with van der Waals surface area (Å²) in [5.41, 5.74) is 1.35. The second kappa shape index (κ2) is 10.2. The molecule has 186 valence electrons. The first-order valence-corrected chi connectivity index (χ1v) is 11.2. The van der Waals surface area contributed by atoms with Crippen molar-refractivity contribution >= 4 is 17.5 Å². The second-order valence-electron chi connectivity index (χ2n) is 8.51. The van der Waals surface area contributed by atoms with E-state index in [1.165, 1.54) is 13.2 Å². The quantitative estimate of drug-likeness (QED) is 0.364. The zero-order valence-corrected chi connectivity index (χ0v) is 20.1. The third-order valence-electron chi connectivity index (χ3n) is 5.99. The number of aromatic nitrogens is 2.